The monoisotopic (exact) mass is 380 g/mol. The van der Waals surface area contributed by atoms with Crippen LogP contribution in [0.25, 0.3) is 0 Å². The summed E-state index contributed by atoms with van der Waals surface area (Å²) in [5.74, 6) is -0.0298. The number of alkyl halides is 3. The summed E-state index contributed by atoms with van der Waals surface area (Å²) in [7, 11) is 1.89. The van der Waals surface area contributed by atoms with E-state index in [1.54, 1.807) is 11.0 Å². The number of hydrogen-bond donors (Lipinski definition) is 0. The lowest BCUT2D eigenvalue weighted by Crippen LogP contribution is -2.32. The van der Waals surface area contributed by atoms with Gasteiger partial charge >= 0.3 is 6.18 Å². The second-order valence-corrected chi connectivity index (χ2v) is 6.92. The molecule has 0 saturated carbocycles. The van der Waals surface area contributed by atoms with Crippen LogP contribution in [0.4, 0.5) is 13.2 Å². The minimum absolute atomic E-state index is 0.0298. The lowest BCUT2D eigenvalue weighted by Gasteiger charge is -2.22. The lowest BCUT2D eigenvalue weighted by molar-refractivity contribution is -0.137. The van der Waals surface area contributed by atoms with Crippen LogP contribution in [0.5, 0.6) is 0 Å². The van der Waals surface area contributed by atoms with Crippen LogP contribution in [-0.2, 0) is 31.1 Å². The first-order valence-electron chi connectivity index (χ1n) is 8.88. The fraction of sp³-hybridized carbons (Fsp3) is 0.474. The van der Waals surface area contributed by atoms with Crippen LogP contribution in [0.3, 0.4) is 0 Å². The first kappa shape index (κ1) is 19.4. The Morgan fingerprint density at radius 1 is 1.15 bits per heavy atom. The molecular formula is C19H23F3N4O. The van der Waals surface area contributed by atoms with Crippen molar-refractivity contribution in [1.82, 2.24) is 19.6 Å². The van der Waals surface area contributed by atoms with Gasteiger partial charge in [-0.05, 0) is 24.6 Å². The Bertz CT molecular complexity index is 816. The van der Waals surface area contributed by atoms with Crippen LogP contribution in [0, 0.1) is 6.92 Å². The molecule has 2 aromatic rings. The van der Waals surface area contributed by atoms with Gasteiger partial charge in [0.15, 0.2) is 0 Å². The summed E-state index contributed by atoms with van der Waals surface area (Å²) >= 11 is 0. The Kier molecular flexibility index (Phi) is 5.55. The minimum atomic E-state index is -4.38. The Hall–Kier alpha value is -2.35. The van der Waals surface area contributed by atoms with Crippen molar-refractivity contribution in [3.63, 3.8) is 0 Å². The molecule has 0 spiro atoms. The van der Waals surface area contributed by atoms with Gasteiger partial charge < -0.3 is 4.90 Å². The molecule has 1 fully saturated rings. The van der Waals surface area contributed by atoms with E-state index in [4.69, 9.17) is 0 Å². The average Bonchev–Trinajstić information content (AvgIpc) is 2.83. The lowest BCUT2D eigenvalue weighted by atomic mass is 10.1. The topological polar surface area (TPSA) is 41.4 Å². The molecule has 0 aliphatic carbocycles. The fourth-order valence-corrected chi connectivity index (χ4v) is 3.24. The molecule has 0 bridgehead atoms. The second-order valence-electron chi connectivity index (χ2n) is 6.92. The number of carbonyl (C=O) groups excluding carboxylic acids is 1. The van der Waals surface area contributed by atoms with Crippen molar-refractivity contribution in [1.29, 1.82) is 0 Å². The number of amides is 1. The predicted molar refractivity (Wildman–Crippen MR) is 94.7 cm³/mol. The van der Waals surface area contributed by atoms with Crippen molar-refractivity contribution >= 4 is 5.91 Å². The minimum Gasteiger partial charge on any atom is -0.337 e. The summed E-state index contributed by atoms with van der Waals surface area (Å²) < 4.78 is 40.5. The molecule has 27 heavy (non-hydrogen) atoms. The Labute approximate surface area is 156 Å². The molecule has 146 valence electrons. The molecule has 0 unspecified atom stereocenters. The van der Waals surface area contributed by atoms with Crippen molar-refractivity contribution < 1.29 is 18.0 Å². The standard InChI is InChI=1S/C19H23F3N4O/c1-14-16(11-23-24(14)2)13-25-7-6-18(27)26(9-8-25)12-15-4-3-5-17(10-15)19(20,21)22/h3-5,10-11H,6-9,12-13H2,1-2H3. The van der Waals surface area contributed by atoms with E-state index >= 15 is 0 Å². The van der Waals surface area contributed by atoms with Crippen molar-refractivity contribution in [3.05, 3.63) is 52.8 Å². The van der Waals surface area contributed by atoms with E-state index in [0.717, 1.165) is 23.4 Å². The molecule has 2 heterocycles. The van der Waals surface area contributed by atoms with Gasteiger partial charge in [-0.15, -0.1) is 0 Å². The van der Waals surface area contributed by atoms with Crippen molar-refractivity contribution in [2.45, 2.75) is 32.6 Å². The highest BCUT2D eigenvalue weighted by molar-refractivity contribution is 5.76. The summed E-state index contributed by atoms with van der Waals surface area (Å²) in [6, 6.07) is 5.18. The Morgan fingerprint density at radius 2 is 1.93 bits per heavy atom. The summed E-state index contributed by atoms with van der Waals surface area (Å²) in [5.41, 5.74) is 2.02. The Morgan fingerprint density at radius 3 is 2.59 bits per heavy atom. The number of benzene rings is 1. The number of nitrogens with zero attached hydrogens (tertiary/aromatic N) is 4. The maximum absolute atomic E-state index is 12.9. The van der Waals surface area contributed by atoms with E-state index < -0.39 is 11.7 Å². The summed E-state index contributed by atoms with van der Waals surface area (Å²) in [4.78, 5) is 16.3. The van der Waals surface area contributed by atoms with Crippen LogP contribution < -0.4 is 0 Å². The number of halogens is 3. The van der Waals surface area contributed by atoms with Crippen LogP contribution in [0.1, 0.15) is 28.8 Å². The summed E-state index contributed by atoms with van der Waals surface area (Å²) in [5, 5.41) is 4.24. The molecule has 1 aromatic heterocycles. The number of hydrogen-bond acceptors (Lipinski definition) is 3. The summed E-state index contributed by atoms with van der Waals surface area (Å²) in [6.07, 6.45) is -2.18. The largest absolute Gasteiger partial charge is 0.416 e. The van der Waals surface area contributed by atoms with E-state index in [1.807, 2.05) is 24.9 Å². The number of aryl methyl sites for hydroxylation is 1. The van der Waals surface area contributed by atoms with Gasteiger partial charge in [-0.1, -0.05) is 12.1 Å². The molecule has 1 aliphatic heterocycles. The first-order valence-corrected chi connectivity index (χ1v) is 8.88. The zero-order chi connectivity index (χ0) is 19.6. The molecule has 0 radical (unpaired) electrons. The highest BCUT2D eigenvalue weighted by atomic mass is 19.4. The van der Waals surface area contributed by atoms with E-state index in [-0.39, 0.29) is 12.5 Å². The van der Waals surface area contributed by atoms with Gasteiger partial charge in [0.2, 0.25) is 5.91 Å². The zero-order valence-corrected chi connectivity index (χ0v) is 15.5. The SMILES string of the molecule is Cc1c(CN2CCC(=O)N(Cc3cccc(C(F)(F)F)c3)CC2)cnn1C. The third kappa shape index (κ3) is 4.68. The van der Waals surface area contributed by atoms with Gasteiger partial charge in [-0.2, -0.15) is 18.3 Å². The number of aromatic nitrogens is 2. The van der Waals surface area contributed by atoms with Crippen molar-refractivity contribution in [3.8, 4) is 0 Å². The smallest absolute Gasteiger partial charge is 0.337 e. The van der Waals surface area contributed by atoms with Crippen molar-refractivity contribution in [2.75, 3.05) is 19.6 Å². The predicted octanol–water partition coefficient (Wildman–Crippen LogP) is 2.98. The normalized spacial score (nSPS) is 16.6. The van der Waals surface area contributed by atoms with E-state index in [9.17, 15) is 18.0 Å². The third-order valence-corrected chi connectivity index (χ3v) is 5.04. The molecule has 0 N–H and O–H groups in total. The van der Waals surface area contributed by atoms with Gasteiger partial charge in [0, 0.05) is 57.4 Å². The van der Waals surface area contributed by atoms with Crippen LogP contribution in [0.15, 0.2) is 30.5 Å². The summed E-state index contributed by atoms with van der Waals surface area (Å²) in [6.45, 7) is 4.72. The van der Waals surface area contributed by atoms with Crippen LogP contribution in [0.2, 0.25) is 0 Å². The van der Waals surface area contributed by atoms with Gasteiger partial charge in [0.1, 0.15) is 0 Å². The highest BCUT2D eigenvalue weighted by Gasteiger charge is 2.30. The fourth-order valence-electron chi connectivity index (χ4n) is 3.24. The van der Waals surface area contributed by atoms with E-state index in [0.29, 0.717) is 38.2 Å². The van der Waals surface area contributed by atoms with Crippen LogP contribution in [-0.4, -0.2) is 45.1 Å². The average molecular weight is 380 g/mol. The van der Waals surface area contributed by atoms with E-state index in [2.05, 4.69) is 10.00 Å². The molecule has 5 nitrogen and oxygen atoms in total. The number of carbonyl (C=O) groups is 1. The molecule has 3 rings (SSSR count). The first-order chi connectivity index (χ1) is 12.7. The maximum Gasteiger partial charge on any atom is 0.416 e. The molecule has 1 aliphatic rings. The molecule has 1 aromatic carbocycles. The zero-order valence-electron chi connectivity index (χ0n) is 15.5. The highest BCUT2D eigenvalue weighted by Crippen LogP contribution is 2.29. The van der Waals surface area contributed by atoms with Gasteiger partial charge in [0.25, 0.3) is 0 Å². The molecule has 0 atom stereocenters. The van der Waals surface area contributed by atoms with E-state index in [1.165, 1.54) is 6.07 Å². The Balaban J connectivity index is 1.65. The van der Waals surface area contributed by atoms with Crippen molar-refractivity contribution in [2.24, 2.45) is 7.05 Å². The number of rotatable bonds is 4. The molecule has 1 amide bonds. The molecule has 1 saturated heterocycles. The third-order valence-electron chi connectivity index (χ3n) is 5.04. The maximum atomic E-state index is 12.9. The van der Waals surface area contributed by atoms with Gasteiger partial charge in [0.05, 0.1) is 11.8 Å². The second kappa shape index (κ2) is 7.72. The molecular weight excluding hydrogens is 357 g/mol. The van der Waals surface area contributed by atoms with Gasteiger partial charge in [-0.25, -0.2) is 0 Å². The quantitative estimate of drug-likeness (QED) is 0.819. The van der Waals surface area contributed by atoms with Gasteiger partial charge in [-0.3, -0.25) is 14.4 Å². The van der Waals surface area contributed by atoms with Crippen LogP contribution >= 0.6 is 0 Å². The molecule has 8 heteroatoms.